The first-order chi connectivity index (χ1) is 10.2. The van der Waals surface area contributed by atoms with Crippen molar-refractivity contribution < 1.29 is 9.84 Å². The van der Waals surface area contributed by atoms with Gasteiger partial charge in [0.1, 0.15) is 12.4 Å². The van der Waals surface area contributed by atoms with Gasteiger partial charge in [0.25, 0.3) is 0 Å². The number of rotatable bonds is 4. The van der Waals surface area contributed by atoms with E-state index >= 15 is 0 Å². The lowest BCUT2D eigenvalue weighted by Crippen LogP contribution is -1.98. The molecule has 0 aliphatic rings. The highest BCUT2D eigenvalue weighted by molar-refractivity contribution is 5.81. The van der Waals surface area contributed by atoms with Crippen molar-refractivity contribution in [2.24, 2.45) is 0 Å². The summed E-state index contributed by atoms with van der Waals surface area (Å²) in [5.74, 6) is 0.785. The molecule has 0 saturated heterocycles. The topological polar surface area (TPSA) is 42.4 Å². The molecule has 0 aliphatic carbocycles. The van der Waals surface area contributed by atoms with Gasteiger partial charge < -0.3 is 9.84 Å². The predicted molar refractivity (Wildman–Crippen MR) is 83.2 cm³/mol. The van der Waals surface area contributed by atoms with Gasteiger partial charge in [0.15, 0.2) is 0 Å². The van der Waals surface area contributed by atoms with Crippen molar-refractivity contribution in [3.63, 3.8) is 0 Å². The molecule has 3 nitrogen and oxygen atoms in total. The minimum Gasteiger partial charge on any atom is -0.489 e. The summed E-state index contributed by atoms with van der Waals surface area (Å²) in [4.78, 5) is 4.42. The van der Waals surface area contributed by atoms with Crippen LogP contribution in [-0.2, 0) is 6.61 Å². The highest BCUT2D eigenvalue weighted by Gasteiger charge is 2.04. The summed E-state index contributed by atoms with van der Waals surface area (Å²) in [6, 6.07) is 17.6. The van der Waals surface area contributed by atoms with E-state index in [0.29, 0.717) is 6.61 Å². The number of para-hydroxylation sites is 1. The molecule has 3 aromatic rings. The Morgan fingerprint density at radius 3 is 2.57 bits per heavy atom. The predicted octanol–water partition coefficient (Wildman–Crippen LogP) is 3.87. The first kappa shape index (κ1) is 13.6. The number of aliphatic hydroxyl groups excluding tert-OH is 1. The number of benzene rings is 2. The fraction of sp³-hybridized carbons (Fsp3) is 0.167. The van der Waals surface area contributed by atoms with Crippen LogP contribution in [0, 0.1) is 0 Å². The monoisotopic (exact) mass is 279 g/mol. The maximum atomic E-state index is 9.49. The van der Waals surface area contributed by atoms with Crippen LogP contribution >= 0.6 is 0 Å². The second kappa shape index (κ2) is 5.94. The number of ether oxygens (including phenoxy) is 1. The van der Waals surface area contributed by atoms with Crippen molar-refractivity contribution in [3.8, 4) is 5.75 Å². The van der Waals surface area contributed by atoms with E-state index in [9.17, 15) is 5.11 Å². The Kier molecular flexibility index (Phi) is 3.84. The van der Waals surface area contributed by atoms with Gasteiger partial charge in [-0.1, -0.05) is 36.4 Å². The van der Waals surface area contributed by atoms with Gasteiger partial charge in [-0.05, 0) is 30.7 Å². The SMILES string of the molecule is C[C@@H](O)c1ccc(OCc2cccc3cccnc23)cc1. The van der Waals surface area contributed by atoms with Gasteiger partial charge in [0, 0.05) is 17.1 Å². The molecule has 0 spiro atoms. The zero-order valence-corrected chi connectivity index (χ0v) is 11.9. The Balaban J connectivity index is 1.77. The average molecular weight is 279 g/mol. The Morgan fingerprint density at radius 2 is 1.81 bits per heavy atom. The van der Waals surface area contributed by atoms with E-state index in [1.54, 1.807) is 13.1 Å². The lowest BCUT2D eigenvalue weighted by Gasteiger charge is -2.10. The molecule has 1 aromatic heterocycles. The Hall–Kier alpha value is -2.39. The lowest BCUT2D eigenvalue weighted by atomic mass is 10.1. The maximum absolute atomic E-state index is 9.49. The molecule has 3 rings (SSSR count). The lowest BCUT2D eigenvalue weighted by molar-refractivity contribution is 0.199. The number of hydrogen-bond acceptors (Lipinski definition) is 3. The summed E-state index contributed by atoms with van der Waals surface area (Å²) < 4.78 is 5.81. The Labute approximate surface area is 123 Å². The highest BCUT2D eigenvalue weighted by Crippen LogP contribution is 2.20. The number of hydrogen-bond donors (Lipinski definition) is 1. The largest absolute Gasteiger partial charge is 0.489 e. The van der Waals surface area contributed by atoms with Crippen molar-refractivity contribution >= 4 is 10.9 Å². The van der Waals surface area contributed by atoms with Crippen LogP contribution in [0.3, 0.4) is 0 Å². The molecule has 3 heteroatoms. The number of nitrogens with zero attached hydrogens (tertiary/aromatic N) is 1. The minimum atomic E-state index is -0.457. The summed E-state index contributed by atoms with van der Waals surface area (Å²) in [5, 5.41) is 10.6. The quantitative estimate of drug-likeness (QED) is 0.788. The third-order valence-electron chi connectivity index (χ3n) is 3.47. The van der Waals surface area contributed by atoms with Crippen molar-refractivity contribution in [1.29, 1.82) is 0 Å². The molecule has 106 valence electrons. The molecule has 1 atom stereocenters. The first-order valence-electron chi connectivity index (χ1n) is 6.97. The number of aromatic nitrogens is 1. The third kappa shape index (κ3) is 3.03. The van der Waals surface area contributed by atoms with Gasteiger partial charge >= 0.3 is 0 Å². The van der Waals surface area contributed by atoms with Crippen LogP contribution in [0.4, 0.5) is 0 Å². The molecule has 1 N–H and O–H groups in total. The van der Waals surface area contributed by atoms with Gasteiger partial charge in [0.05, 0.1) is 11.6 Å². The maximum Gasteiger partial charge on any atom is 0.119 e. The van der Waals surface area contributed by atoms with Crippen molar-refractivity contribution in [2.45, 2.75) is 19.6 Å². The fourth-order valence-corrected chi connectivity index (χ4v) is 2.29. The number of fused-ring (bicyclic) bond motifs is 1. The molecule has 0 radical (unpaired) electrons. The summed E-state index contributed by atoms with van der Waals surface area (Å²) >= 11 is 0. The summed E-state index contributed by atoms with van der Waals surface area (Å²) in [6.45, 7) is 2.22. The van der Waals surface area contributed by atoms with E-state index in [1.807, 2.05) is 54.6 Å². The fourth-order valence-electron chi connectivity index (χ4n) is 2.29. The third-order valence-corrected chi connectivity index (χ3v) is 3.47. The number of pyridine rings is 1. The molecular formula is C18H17NO2. The second-order valence-corrected chi connectivity index (χ2v) is 5.03. The first-order valence-corrected chi connectivity index (χ1v) is 6.97. The molecule has 0 bridgehead atoms. The van der Waals surface area contributed by atoms with Crippen LogP contribution in [0.25, 0.3) is 10.9 Å². The Morgan fingerprint density at radius 1 is 1.05 bits per heavy atom. The molecule has 21 heavy (non-hydrogen) atoms. The molecule has 0 amide bonds. The van der Waals surface area contributed by atoms with Crippen LogP contribution in [-0.4, -0.2) is 10.1 Å². The van der Waals surface area contributed by atoms with Crippen LogP contribution in [0.15, 0.2) is 60.8 Å². The molecule has 1 heterocycles. The number of aliphatic hydroxyl groups is 1. The van der Waals surface area contributed by atoms with Gasteiger partial charge in [-0.3, -0.25) is 4.98 Å². The van der Waals surface area contributed by atoms with Crippen LogP contribution in [0.2, 0.25) is 0 Å². The zero-order valence-electron chi connectivity index (χ0n) is 11.9. The molecular weight excluding hydrogens is 262 g/mol. The standard InChI is InChI=1S/C18H17NO2/c1-13(20)14-7-9-17(10-8-14)21-12-16-5-2-4-15-6-3-11-19-18(15)16/h2-11,13,20H,12H2,1H3/t13-/m1/s1. The molecule has 0 unspecified atom stereocenters. The smallest absolute Gasteiger partial charge is 0.119 e. The Bertz CT molecular complexity index is 730. The zero-order chi connectivity index (χ0) is 14.7. The summed E-state index contributed by atoms with van der Waals surface area (Å²) in [7, 11) is 0. The van der Waals surface area contributed by atoms with Gasteiger partial charge in [-0.2, -0.15) is 0 Å². The molecule has 0 saturated carbocycles. The van der Waals surface area contributed by atoms with E-state index in [4.69, 9.17) is 4.74 Å². The minimum absolute atomic E-state index is 0.457. The van der Waals surface area contributed by atoms with Gasteiger partial charge in [0.2, 0.25) is 0 Å². The average Bonchev–Trinajstić information content (AvgIpc) is 2.53. The summed E-state index contributed by atoms with van der Waals surface area (Å²) in [5.41, 5.74) is 2.92. The van der Waals surface area contributed by atoms with Crippen LogP contribution in [0.5, 0.6) is 5.75 Å². The van der Waals surface area contributed by atoms with Crippen molar-refractivity contribution in [2.75, 3.05) is 0 Å². The molecule has 0 aliphatic heterocycles. The van der Waals surface area contributed by atoms with E-state index in [2.05, 4.69) is 4.98 Å². The van der Waals surface area contributed by atoms with Crippen molar-refractivity contribution in [1.82, 2.24) is 4.98 Å². The summed E-state index contributed by atoms with van der Waals surface area (Å²) in [6.07, 6.45) is 1.34. The molecule has 2 aromatic carbocycles. The van der Waals surface area contributed by atoms with Gasteiger partial charge in [-0.15, -0.1) is 0 Å². The van der Waals surface area contributed by atoms with Crippen LogP contribution < -0.4 is 4.74 Å². The van der Waals surface area contributed by atoms with Gasteiger partial charge in [-0.25, -0.2) is 0 Å². The van der Waals surface area contributed by atoms with Crippen molar-refractivity contribution in [3.05, 3.63) is 71.9 Å². The molecule has 0 fully saturated rings. The normalized spacial score (nSPS) is 12.3. The van der Waals surface area contributed by atoms with E-state index in [0.717, 1.165) is 27.8 Å². The highest BCUT2D eigenvalue weighted by atomic mass is 16.5. The van der Waals surface area contributed by atoms with E-state index < -0.39 is 6.10 Å². The van der Waals surface area contributed by atoms with E-state index in [-0.39, 0.29) is 0 Å². The van der Waals surface area contributed by atoms with Crippen LogP contribution in [0.1, 0.15) is 24.2 Å². The van der Waals surface area contributed by atoms with E-state index in [1.165, 1.54) is 0 Å². The second-order valence-electron chi connectivity index (χ2n) is 5.03.